The molecule has 4 atom stereocenters. The Bertz CT molecular complexity index is 458. The van der Waals surface area contributed by atoms with Crippen LogP contribution < -0.4 is 0 Å². The van der Waals surface area contributed by atoms with Crippen LogP contribution in [0.4, 0.5) is 13.6 Å². The molecule has 1 saturated heterocycles. The first kappa shape index (κ1) is 16.2. The maximum absolute atomic E-state index is 13.8. The van der Waals surface area contributed by atoms with Crippen LogP contribution in [0.1, 0.15) is 47.5 Å². The SMILES string of the molecule is CC1C2CC(C)C(F)(F)CC2C(=O)N1C(=O)OC(C)(C)C. The highest BCUT2D eigenvalue weighted by molar-refractivity contribution is 5.96. The molecule has 0 aromatic heterocycles. The van der Waals surface area contributed by atoms with E-state index in [-0.39, 0.29) is 12.3 Å². The molecule has 1 aliphatic heterocycles. The fourth-order valence-corrected chi connectivity index (χ4v) is 3.33. The second-order valence-corrected chi connectivity index (χ2v) is 7.30. The van der Waals surface area contributed by atoms with Gasteiger partial charge in [-0.3, -0.25) is 4.79 Å². The highest BCUT2D eigenvalue weighted by Gasteiger charge is 2.58. The number of alkyl halides is 2. The van der Waals surface area contributed by atoms with Crippen LogP contribution in [-0.2, 0) is 9.53 Å². The van der Waals surface area contributed by atoms with E-state index in [1.807, 2.05) is 0 Å². The summed E-state index contributed by atoms with van der Waals surface area (Å²) in [7, 11) is 0. The van der Waals surface area contributed by atoms with E-state index in [9.17, 15) is 18.4 Å². The van der Waals surface area contributed by atoms with Gasteiger partial charge < -0.3 is 4.74 Å². The Hall–Kier alpha value is -1.20. The number of halogens is 2. The molecule has 1 aliphatic carbocycles. The number of imide groups is 1. The molecule has 0 radical (unpaired) electrons. The molecule has 0 aromatic rings. The highest BCUT2D eigenvalue weighted by Crippen LogP contribution is 2.49. The molecule has 2 aliphatic rings. The van der Waals surface area contributed by atoms with Crippen LogP contribution in [0.15, 0.2) is 0 Å². The standard InChI is InChI=1S/C15H23F2NO3/c1-8-6-10-9(2)18(13(20)21-14(3,4)5)12(19)11(10)7-15(8,16)17/h8-11H,6-7H2,1-5H3. The summed E-state index contributed by atoms with van der Waals surface area (Å²) >= 11 is 0. The first-order chi connectivity index (χ1) is 9.44. The molecule has 21 heavy (non-hydrogen) atoms. The van der Waals surface area contributed by atoms with Gasteiger partial charge in [-0.25, -0.2) is 18.5 Å². The Kier molecular flexibility index (Phi) is 3.79. The van der Waals surface area contributed by atoms with Crippen molar-refractivity contribution in [3.05, 3.63) is 0 Å². The predicted molar refractivity (Wildman–Crippen MR) is 72.9 cm³/mol. The van der Waals surface area contributed by atoms with Crippen molar-refractivity contribution in [2.45, 2.75) is 65.0 Å². The van der Waals surface area contributed by atoms with Gasteiger partial charge in [-0.05, 0) is 40.0 Å². The lowest BCUT2D eigenvalue weighted by Gasteiger charge is -2.36. The lowest BCUT2D eigenvalue weighted by molar-refractivity contribution is -0.141. The molecule has 0 bridgehead atoms. The van der Waals surface area contributed by atoms with Gasteiger partial charge in [-0.2, -0.15) is 0 Å². The van der Waals surface area contributed by atoms with E-state index < -0.39 is 47.8 Å². The van der Waals surface area contributed by atoms with Gasteiger partial charge in [0.25, 0.3) is 5.92 Å². The van der Waals surface area contributed by atoms with Crippen LogP contribution in [0.2, 0.25) is 0 Å². The molecular weight excluding hydrogens is 280 g/mol. The molecule has 0 spiro atoms. The fourth-order valence-electron chi connectivity index (χ4n) is 3.33. The first-order valence-electron chi connectivity index (χ1n) is 7.38. The molecule has 2 rings (SSSR count). The molecule has 0 N–H and O–H groups in total. The van der Waals surface area contributed by atoms with Crippen molar-refractivity contribution in [2.24, 2.45) is 17.8 Å². The second-order valence-electron chi connectivity index (χ2n) is 7.30. The minimum atomic E-state index is -2.85. The summed E-state index contributed by atoms with van der Waals surface area (Å²) in [5.41, 5.74) is -0.720. The Morgan fingerprint density at radius 2 is 1.90 bits per heavy atom. The van der Waals surface area contributed by atoms with Crippen molar-refractivity contribution >= 4 is 12.0 Å². The molecule has 0 aromatic carbocycles. The van der Waals surface area contributed by atoms with Gasteiger partial charge in [-0.1, -0.05) is 6.92 Å². The van der Waals surface area contributed by atoms with Crippen molar-refractivity contribution in [3.8, 4) is 0 Å². The van der Waals surface area contributed by atoms with Crippen LogP contribution in [0.25, 0.3) is 0 Å². The van der Waals surface area contributed by atoms with E-state index in [1.165, 1.54) is 6.92 Å². The number of carbonyl (C=O) groups is 2. The maximum Gasteiger partial charge on any atom is 0.417 e. The van der Waals surface area contributed by atoms with Crippen LogP contribution >= 0.6 is 0 Å². The predicted octanol–water partition coefficient (Wildman–Crippen LogP) is 3.45. The van der Waals surface area contributed by atoms with E-state index in [0.717, 1.165) is 4.90 Å². The molecule has 2 amide bonds. The molecular formula is C15H23F2NO3. The number of rotatable bonds is 0. The van der Waals surface area contributed by atoms with Gasteiger partial charge in [0.05, 0.1) is 0 Å². The average Bonchev–Trinajstić information content (AvgIpc) is 2.50. The lowest BCUT2D eigenvalue weighted by Crippen LogP contribution is -2.42. The van der Waals surface area contributed by atoms with Crippen molar-refractivity contribution in [3.63, 3.8) is 0 Å². The normalized spacial score (nSPS) is 35.6. The zero-order valence-corrected chi connectivity index (χ0v) is 13.2. The monoisotopic (exact) mass is 303 g/mol. The van der Waals surface area contributed by atoms with Crippen molar-refractivity contribution in [1.82, 2.24) is 4.90 Å². The van der Waals surface area contributed by atoms with Gasteiger partial charge in [0.1, 0.15) is 5.60 Å². The van der Waals surface area contributed by atoms with E-state index in [4.69, 9.17) is 4.74 Å². The Morgan fingerprint density at radius 3 is 2.43 bits per heavy atom. The summed E-state index contributed by atoms with van der Waals surface area (Å²) in [5.74, 6) is -5.13. The van der Waals surface area contributed by atoms with Crippen LogP contribution in [0.5, 0.6) is 0 Å². The smallest absolute Gasteiger partial charge is 0.417 e. The summed E-state index contributed by atoms with van der Waals surface area (Å²) in [6.45, 7) is 8.37. The number of fused-ring (bicyclic) bond motifs is 1. The quantitative estimate of drug-likeness (QED) is 0.688. The Labute approximate surface area is 123 Å². The van der Waals surface area contributed by atoms with E-state index in [1.54, 1.807) is 27.7 Å². The van der Waals surface area contributed by atoms with Gasteiger partial charge in [0, 0.05) is 24.3 Å². The number of amides is 2. The summed E-state index contributed by atoms with van der Waals surface area (Å²) in [6, 6.07) is -0.393. The number of hydrogen-bond donors (Lipinski definition) is 0. The van der Waals surface area contributed by atoms with Crippen LogP contribution in [0, 0.1) is 17.8 Å². The zero-order valence-electron chi connectivity index (χ0n) is 13.2. The van der Waals surface area contributed by atoms with E-state index in [0.29, 0.717) is 0 Å². The summed E-state index contributed by atoms with van der Waals surface area (Å²) in [6.07, 6.45) is -0.948. The summed E-state index contributed by atoms with van der Waals surface area (Å²) in [4.78, 5) is 25.6. The number of nitrogens with zero attached hydrogens (tertiary/aromatic N) is 1. The molecule has 120 valence electrons. The number of likely N-dealkylation sites (tertiary alicyclic amines) is 1. The third kappa shape index (κ3) is 2.90. The summed E-state index contributed by atoms with van der Waals surface area (Å²) in [5, 5.41) is 0. The first-order valence-corrected chi connectivity index (χ1v) is 7.38. The Balaban J connectivity index is 2.21. The fraction of sp³-hybridized carbons (Fsp3) is 0.867. The van der Waals surface area contributed by atoms with Crippen LogP contribution in [0.3, 0.4) is 0 Å². The van der Waals surface area contributed by atoms with E-state index in [2.05, 4.69) is 0 Å². The molecule has 1 heterocycles. The number of carbonyl (C=O) groups excluding carboxylic acids is 2. The number of ether oxygens (including phenoxy) is 1. The van der Waals surface area contributed by atoms with Crippen molar-refractivity contribution in [1.29, 1.82) is 0 Å². The van der Waals surface area contributed by atoms with E-state index >= 15 is 0 Å². The molecule has 2 fully saturated rings. The third-order valence-electron chi connectivity index (χ3n) is 4.53. The zero-order chi connectivity index (χ0) is 16.2. The molecule has 6 heteroatoms. The molecule has 4 unspecified atom stereocenters. The average molecular weight is 303 g/mol. The number of hydrogen-bond acceptors (Lipinski definition) is 3. The minimum absolute atomic E-state index is 0.209. The van der Waals surface area contributed by atoms with Gasteiger partial charge >= 0.3 is 6.09 Å². The molecule has 4 nitrogen and oxygen atoms in total. The van der Waals surface area contributed by atoms with Gasteiger partial charge in [-0.15, -0.1) is 0 Å². The molecule has 1 saturated carbocycles. The van der Waals surface area contributed by atoms with Crippen molar-refractivity contribution in [2.75, 3.05) is 0 Å². The highest BCUT2D eigenvalue weighted by atomic mass is 19.3. The van der Waals surface area contributed by atoms with Gasteiger partial charge in [0.2, 0.25) is 5.91 Å². The second kappa shape index (κ2) is 4.92. The maximum atomic E-state index is 13.8. The van der Waals surface area contributed by atoms with Crippen molar-refractivity contribution < 1.29 is 23.1 Å². The van der Waals surface area contributed by atoms with Gasteiger partial charge in [0.15, 0.2) is 0 Å². The largest absolute Gasteiger partial charge is 0.443 e. The lowest BCUT2D eigenvalue weighted by atomic mass is 9.72. The minimum Gasteiger partial charge on any atom is -0.443 e. The third-order valence-corrected chi connectivity index (χ3v) is 4.53. The Morgan fingerprint density at radius 1 is 1.33 bits per heavy atom. The van der Waals surface area contributed by atoms with Crippen LogP contribution in [-0.4, -0.2) is 34.5 Å². The topological polar surface area (TPSA) is 46.6 Å². The summed E-state index contributed by atoms with van der Waals surface area (Å²) < 4.78 is 32.9.